The molecule has 3 aromatic carbocycles. The van der Waals surface area contributed by atoms with Gasteiger partial charge >= 0.3 is 0 Å². The van der Waals surface area contributed by atoms with Gasteiger partial charge in [0.15, 0.2) is 0 Å². The Kier molecular flexibility index (Phi) is 3.47. The van der Waals surface area contributed by atoms with Crippen LogP contribution >= 0.6 is 7.37 Å². The van der Waals surface area contributed by atoms with Crippen molar-refractivity contribution in [2.45, 2.75) is 12.6 Å². The molecule has 0 saturated carbocycles. The maximum atomic E-state index is 13.9. The van der Waals surface area contributed by atoms with Crippen LogP contribution in [0.2, 0.25) is 0 Å². The molecule has 0 spiro atoms. The topological polar surface area (TPSA) is 46.5 Å². The maximum absolute atomic E-state index is 13.9. The standard InChI is InChI=1S/C20H17O3P/c1-14(15-10-12-16(21)13-11-15)24(22)20-9-5-3-7-18(20)17-6-2-4-8-19(17)23-24/h2-14,21H,1H3. The molecule has 1 aliphatic rings. The zero-order valence-electron chi connectivity index (χ0n) is 13.2. The van der Waals surface area contributed by atoms with Crippen LogP contribution in [0.25, 0.3) is 11.1 Å². The van der Waals surface area contributed by atoms with Crippen LogP contribution in [0, 0.1) is 0 Å². The summed E-state index contributed by atoms with van der Waals surface area (Å²) in [5, 5.41) is 10.3. The average Bonchev–Trinajstić information content (AvgIpc) is 2.62. The van der Waals surface area contributed by atoms with E-state index in [1.807, 2.05) is 55.5 Å². The Labute approximate surface area is 141 Å². The summed E-state index contributed by atoms with van der Waals surface area (Å²) >= 11 is 0. The lowest BCUT2D eigenvalue weighted by Gasteiger charge is -2.32. The summed E-state index contributed by atoms with van der Waals surface area (Å²) in [5.74, 6) is 0.852. The molecule has 120 valence electrons. The molecule has 0 fully saturated rings. The zero-order valence-corrected chi connectivity index (χ0v) is 14.1. The van der Waals surface area contributed by atoms with Gasteiger partial charge in [0, 0.05) is 5.56 Å². The van der Waals surface area contributed by atoms with E-state index in [4.69, 9.17) is 4.52 Å². The third kappa shape index (κ3) is 2.24. The van der Waals surface area contributed by atoms with Crippen molar-refractivity contribution < 1.29 is 14.2 Å². The van der Waals surface area contributed by atoms with Gasteiger partial charge in [-0.25, -0.2) is 0 Å². The first-order valence-electron chi connectivity index (χ1n) is 7.87. The van der Waals surface area contributed by atoms with Crippen molar-refractivity contribution in [3.8, 4) is 22.6 Å². The number of phenolic OH excluding ortho intramolecular Hbond substituents is 1. The predicted octanol–water partition coefficient (Wildman–Crippen LogP) is 5.12. The molecule has 0 bridgehead atoms. The van der Waals surface area contributed by atoms with E-state index in [2.05, 4.69) is 0 Å². The zero-order chi connectivity index (χ0) is 16.7. The van der Waals surface area contributed by atoms with E-state index in [9.17, 15) is 9.67 Å². The van der Waals surface area contributed by atoms with E-state index in [0.717, 1.165) is 22.0 Å². The maximum Gasteiger partial charge on any atom is 0.284 e. The molecule has 1 aliphatic heterocycles. The Balaban J connectivity index is 1.89. The van der Waals surface area contributed by atoms with Crippen molar-refractivity contribution in [1.29, 1.82) is 0 Å². The lowest BCUT2D eigenvalue weighted by Crippen LogP contribution is -2.21. The van der Waals surface area contributed by atoms with Crippen LogP contribution in [0.1, 0.15) is 18.1 Å². The van der Waals surface area contributed by atoms with E-state index < -0.39 is 7.37 Å². The smallest absolute Gasteiger partial charge is 0.284 e. The first-order valence-corrected chi connectivity index (χ1v) is 9.56. The average molecular weight is 336 g/mol. The number of phenols is 1. The normalized spacial score (nSPS) is 19.7. The number of hydrogen-bond acceptors (Lipinski definition) is 3. The summed E-state index contributed by atoms with van der Waals surface area (Å²) in [4.78, 5) is 0. The highest BCUT2D eigenvalue weighted by atomic mass is 31.2. The third-order valence-corrected chi connectivity index (χ3v) is 7.38. The minimum absolute atomic E-state index is 0.194. The quantitative estimate of drug-likeness (QED) is 0.661. The Morgan fingerprint density at radius 1 is 0.875 bits per heavy atom. The first kappa shape index (κ1) is 15.0. The van der Waals surface area contributed by atoms with Gasteiger partial charge in [0.2, 0.25) is 0 Å². The molecule has 1 heterocycles. The van der Waals surface area contributed by atoms with Gasteiger partial charge in [-0.3, -0.25) is 4.57 Å². The SMILES string of the molecule is CC(c1ccc(O)cc1)P1(=O)Oc2ccccc2-c2ccccc21. The van der Waals surface area contributed by atoms with Crippen LogP contribution in [-0.4, -0.2) is 5.11 Å². The molecule has 4 rings (SSSR count). The highest BCUT2D eigenvalue weighted by Gasteiger charge is 2.41. The van der Waals surface area contributed by atoms with Gasteiger partial charge in [0.05, 0.1) is 11.0 Å². The molecule has 0 radical (unpaired) electrons. The van der Waals surface area contributed by atoms with Gasteiger partial charge in [0.25, 0.3) is 7.37 Å². The number of para-hydroxylation sites is 1. The molecule has 0 saturated heterocycles. The van der Waals surface area contributed by atoms with Crippen molar-refractivity contribution in [2.24, 2.45) is 0 Å². The second-order valence-corrected chi connectivity index (χ2v) is 8.60. The fourth-order valence-corrected chi connectivity index (χ4v) is 5.69. The number of hydrogen-bond donors (Lipinski definition) is 1. The van der Waals surface area contributed by atoms with Crippen molar-refractivity contribution in [2.75, 3.05) is 0 Å². The van der Waals surface area contributed by atoms with Crippen LogP contribution < -0.4 is 9.83 Å². The molecule has 0 amide bonds. The first-order chi connectivity index (χ1) is 11.6. The van der Waals surface area contributed by atoms with Crippen LogP contribution in [0.3, 0.4) is 0 Å². The minimum atomic E-state index is -3.15. The summed E-state index contributed by atoms with van der Waals surface area (Å²) < 4.78 is 20.0. The molecular formula is C20H17O3P. The van der Waals surface area contributed by atoms with Crippen molar-refractivity contribution >= 4 is 12.7 Å². The molecule has 2 atom stereocenters. The van der Waals surface area contributed by atoms with Gasteiger partial charge < -0.3 is 9.63 Å². The monoisotopic (exact) mass is 336 g/mol. The molecule has 4 heteroatoms. The highest BCUT2D eigenvalue weighted by molar-refractivity contribution is 7.68. The highest BCUT2D eigenvalue weighted by Crippen LogP contribution is 2.63. The van der Waals surface area contributed by atoms with E-state index >= 15 is 0 Å². The van der Waals surface area contributed by atoms with Gasteiger partial charge in [-0.05, 0) is 42.3 Å². The summed E-state index contributed by atoms with van der Waals surface area (Å²) in [6, 6.07) is 22.3. The van der Waals surface area contributed by atoms with E-state index in [-0.39, 0.29) is 11.4 Å². The van der Waals surface area contributed by atoms with Crippen LogP contribution in [0.4, 0.5) is 0 Å². The summed E-state index contributed by atoms with van der Waals surface area (Å²) in [5.41, 5.74) is 2.50. The molecule has 1 N–H and O–H groups in total. The third-order valence-electron chi connectivity index (χ3n) is 4.54. The van der Waals surface area contributed by atoms with Gasteiger partial charge in [-0.15, -0.1) is 0 Å². The summed E-state index contributed by atoms with van der Waals surface area (Å²) in [6.45, 7) is 1.91. The van der Waals surface area contributed by atoms with E-state index in [0.29, 0.717) is 5.75 Å². The molecule has 3 nitrogen and oxygen atoms in total. The van der Waals surface area contributed by atoms with Gasteiger partial charge in [-0.2, -0.15) is 0 Å². The Bertz CT molecular complexity index is 947. The van der Waals surface area contributed by atoms with E-state index in [1.54, 1.807) is 24.3 Å². The van der Waals surface area contributed by atoms with Gasteiger partial charge in [-0.1, -0.05) is 48.5 Å². The fraction of sp³-hybridized carbons (Fsp3) is 0.100. The molecule has 0 aromatic heterocycles. The number of rotatable bonds is 2. The number of aromatic hydroxyl groups is 1. The van der Waals surface area contributed by atoms with Crippen LogP contribution in [-0.2, 0) is 4.57 Å². The molecule has 24 heavy (non-hydrogen) atoms. The lowest BCUT2D eigenvalue weighted by molar-refractivity contribution is 0.473. The molecular weight excluding hydrogens is 319 g/mol. The van der Waals surface area contributed by atoms with Gasteiger partial charge in [0.1, 0.15) is 11.5 Å². The second kappa shape index (κ2) is 5.54. The lowest BCUT2D eigenvalue weighted by atomic mass is 10.0. The van der Waals surface area contributed by atoms with Crippen molar-refractivity contribution in [3.63, 3.8) is 0 Å². The molecule has 0 aliphatic carbocycles. The summed E-state index contributed by atoms with van der Waals surface area (Å²) in [7, 11) is -3.15. The minimum Gasteiger partial charge on any atom is -0.508 e. The molecule has 3 aromatic rings. The number of fused-ring (bicyclic) bond motifs is 3. The van der Waals surface area contributed by atoms with Crippen molar-refractivity contribution in [3.05, 3.63) is 78.4 Å². The Hall–Kier alpha value is -2.51. The largest absolute Gasteiger partial charge is 0.508 e. The predicted molar refractivity (Wildman–Crippen MR) is 96.3 cm³/mol. The van der Waals surface area contributed by atoms with Crippen molar-refractivity contribution in [1.82, 2.24) is 0 Å². The Morgan fingerprint density at radius 2 is 1.50 bits per heavy atom. The summed E-state index contributed by atoms with van der Waals surface area (Å²) in [6.07, 6.45) is 0. The number of benzene rings is 3. The Morgan fingerprint density at radius 3 is 2.25 bits per heavy atom. The van der Waals surface area contributed by atoms with Crippen LogP contribution in [0.15, 0.2) is 72.8 Å². The van der Waals surface area contributed by atoms with Crippen LogP contribution in [0.5, 0.6) is 11.5 Å². The molecule has 2 unspecified atom stereocenters. The second-order valence-electron chi connectivity index (χ2n) is 5.97. The fourth-order valence-electron chi connectivity index (χ4n) is 3.17. The van der Waals surface area contributed by atoms with E-state index in [1.165, 1.54) is 0 Å².